The van der Waals surface area contributed by atoms with Crippen LogP contribution < -0.4 is 10.4 Å². The van der Waals surface area contributed by atoms with Gasteiger partial charge in [0, 0.05) is 6.42 Å². The minimum Gasteiger partial charge on any atom is -0.233 e. The Labute approximate surface area is 97.5 Å². The van der Waals surface area contributed by atoms with Gasteiger partial charge in [-0.3, -0.25) is 0 Å². The molecule has 0 atom stereocenters. The highest BCUT2D eigenvalue weighted by molar-refractivity contribution is 5.78. The smallest absolute Gasteiger partial charge is 0.134 e. The van der Waals surface area contributed by atoms with Crippen LogP contribution in [-0.2, 0) is 16.0 Å². The number of hydrogen-bond donors (Lipinski definition) is 0. The van der Waals surface area contributed by atoms with Crippen LogP contribution in [-0.4, -0.2) is 11.9 Å². The van der Waals surface area contributed by atoms with E-state index in [1.165, 1.54) is 5.56 Å². The lowest BCUT2D eigenvalue weighted by Crippen LogP contribution is -2.30. The van der Waals surface area contributed by atoms with E-state index < -0.39 is 0 Å². The normalized spacial score (nSPS) is 11.3. The summed E-state index contributed by atoms with van der Waals surface area (Å²) in [6.07, 6.45) is 0.686. The molecule has 80 valence electrons. The number of rotatable bonds is 0. The maximum atomic E-state index is 11.0. The maximum absolute atomic E-state index is 11.0. The first-order chi connectivity index (χ1) is 8.35. The molecule has 0 spiro atoms. The van der Waals surface area contributed by atoms with E-state index in [0.717, 1.165) is 16.7 Å². The maximum Gasteiger partial charge on any atom is 0.134 e. The first-order valence-electron chi connectivity index (χ1n) is 5.35. The van der Waals surface area contributed by atoms with Crippen molar-refractivity contribution in [2.45, 2.75) is 6.42 Å². The van der Waals surface area contributed by atoms with Gasteiger partial charge in [-0.1, -0.05) is 30.3 Å². The molecule has 2 heteroatoms. The Balaban J connectivity index is 2.48. The van der Waals surface area contributed by atoms with E-state index >= 15 is 0 Å². The lowest BCUT2D eigenvalue weighted by Gasteiger charge is -1.98. The second-order valence-corrected chi connectivity index (χ2v) is 4.05. The third-order valence-corrected chi connectivity index (χ3v) is 3.20. The van der Waals surface area contributed by atoms with Gasteiger partial charge < -0.3 is 0 Å². The highest BCUT2D eigenvalue weighted by atomic mass is 16.1. The van der Waals surface area contributed by atoms with Crippen molar-refractivity contribution in [3.63, 3.8) is 0 Å². The minimum atomic E-state index is 0.298. The van der Waals surface area contributed by atoms with Crippen LogP contribution >= 0.6 is 0 Å². The van der Waals surface area contributed by atoms with E-state index in [4.69, 9.17) is 0 Å². The first-order valence-corrected chi connectivity index (χ1v) is 5.35. The minimum absolute atomic E-state index is 0.298. The summed E-state index contributed by atoms with van der Waals surface area (Å²) in [7, 11) is 0. The van der Waals surface area contributed by atoms with Crippen molar-refractivity contribution in [3.8, 4) is 11.1 Å². The van der Waals surface area contributed by atoms with E-state index in [1.54, 1.807) is 12.0 Å². The van der Waals surface area contributed by atoms with Crippen molar-refractivity contribution < 1.29 is 9.59 Å². The standard InChI is InChI=1S/C15H8O2/c16-8-11-5-6-13-12-4-2-1-3-10(12)7-14(13)15(11)9-17/h1-6H,7H2. The van der Waals surface area contributed by atoms with E-state index in [0.29, 0.717) is 16.9 Å². The predicted molar refractivity (Wildman–Crippen MR) is 63.5 cm³/mol. The third-order valence-electron chi connectivity index (χ3n) is 3.20. The van der Waals surface area contributed by atoms with Gasteiger partial charge >= 0.3 is 0 Å². The molecule has 2 nitrogen and oxygen atoms in total. The Hall–Kier alpha value is -2.40. The number of carbonyl (C=O) groups excluding carboxylic acids is 2. The lowest BCUT2D eigenvalue weighted by atomic mass is 10.0. The molecule has 0 amide bonds. The van der Waals surface area contributed by atoms with E-state index in [-0.39, 0.29) is 0 Å². The van der Waals surface area contributed by atoms with E-state index in [9.17, 15) is 9.59 Å². The molecule has 17 heavy (non-hydrogen) atoms. The molecule has 0 bridgehead atoms. The van der Waals surface area contributed by atoms with Gasteiger partial charge in [-0.25, -0.2) is 9.59 Å². The largest absolute Gasteiger partial charge is 0.233 e. The molecule has 0 fully saturated rings. The lowest BCUT2D eigenvalue weighted by molar-refractivity contribution is 0.564. The molecule has 2 aromatic carbocycles. The Bertz CT molecular complexity index is 777. The van der Waals surface area contributed by atoms with Gasteiger partial charge in [-0.05, 0) is 28.3 Å². The van der Waals surface area contributed by atoms with Crippen LogP contribution in [0.4, 0.5) is 0 Å². The number of hydrogen-bond acceptors (Lipinski definition) is 2. The molecule has 1 aliphatic rings. The van der Waals surface area contributed by atoms with Crippen molar-refractivity contribution in [1.82, 2.24) is 0 Å². The van der Waals surface area contributed by atoms with Crippen LogP contribution in [0.15, 0.2) is 36.4 Å². The fourth-order valence-electron chi connectivity index (χ4n) is 2.41. The van der Waals surface area contributed by atoms with Crippen molar-refractivity contribution in [1.29, 1.82) is 0 Å². The SMILES string of the molecule is O=C=c1ccc2c(c1=C=O)Cc1ccccc1-2. The van der Waals surface area contributed by atoms with Gasteiger partial charge in [0.1, 0.15) is 11.9 Å². The predicted octanol–water partition coefficient (Wildman–Crippen LogP) is 0.264. The van der Waals surface area contributed by atoms with E-state index in [1.807, 2.05) is 36.3 Å². The van der Waals surface area contributed by atoms with Crippen LogP contribution in [0, 0.1) is 0 Å². The highest BCUT2D eigenvalue weighted by Crippen LogP contribution is 2.33. The molecular weight excluding hydrogens is 212 g/mol. The molecule has 0 unspecified atom stereocenters. The average molecular weight is 220 g/mol. The fraction of sp³-hybridized carbons (Fsp3) is 0.0667. The van der Waals surface area contributed by atoms with Gasteiger partial charge in [-0.2, -0.15) is 0 Å². The molecular formula is C15H8O2. The van der Waals surface area contributed by atoms with Gasteiger partial charge in [0.15, 0.2) is 0 Å². The second kappa shape index (κ2) is 3.57. The summed E-state index contributed by atoms with van der Waals surface area (Å²) in [6.45, 7) is 0. The Morgan fingerprint density at radius 3 is 2.47 bits per heavy atom. The summed E-state index contributed by atoms with van der Waals surface area (Å²) >= 11 is 0. The van der Waals surface area contributed by atoms with Crippen molar-refractivity contribution in [3.05, 3.63) is 58.0 Å². The fourth-order valence-corrected chi connectivity index (χ4v) is 2.41. The Morgan fingerprint density at radius 1 is 0.882 bits per heavy atom. The van der Waals surface area contributed by atoms with Gasteiger partial charge in [0.05, 0.1) is 10.4 Å². The van der Waals surface area contributed by atoms with Gasteiger partial charge in [0.25, 0.3) is 0 Å². The van der Waals surface area contributed by atoms with Crippen molar-refractivity contribution in [2.75, 3.05) is 0 Å². The summed E-state index contributed by atoms with van der Waals surface area (Å²) in [5.41, 5.74) is 4.23. The highest BCUT2D eigenvalue weighted by Gasteiger charge is 2.19. The number of benzene rings is 2. The molecule has 0 radical (unpaired) electrons. The van der Waals surface area contributed by atoms with Crippen LogP contribution in [0.5, 0.6) is 0 Å². The number of fused-ring (bicyclic) bond motifs is 3. The van der Waals surface area contributed by atoms with Crippen LogP contribution in [0.1, 0.15) is 11.1 Å². The van der Waals surface area contributed by atoms with Crippen LogP contribution in [0.3, 0.4) is 0 Å². The summed E-state index contributed by atoms with van der Waals surface area (Å²) in [5, 5.41) is 0.653. The zero-order valence-corrected chi connectivity index (χ0v) is 8.99. The van der Waals surface area contributed by atoms with Crippen LogP contribution in [0.25, 0.3) is 11.1 Å². The molecule has 3 rings (SSSR count). The summed E-state index contributed by atoms with van der Waals surface area (Å²) in [5.74, 6) is 3.66. The first kappa shape index (κ1) is 9.80. The molecule has 0 heterocycles. The van der Waals surface area contributed by atoms with Gasteiger partial charge in [0.2, 0.25) is 0 Å². The molecule has 1 aliphatic carbocycles. The monoisotopic (exact) mass is 220 g/mol. The van der Waals surface area contributed by atoms with Crippen molar-refractivity contribution >= 4 is 11.9 Å². The van der Waals surface area contributed by atoms with E-state index in [2.05, 4.69) is 0 Å². The zero-order valence-electron chi connectivity index (χ0n) is 8.99. The third kappa shape index (κ3) is 1.29. The molecule has 0 aromatic heterocycles. The topological polar surface area (TPSA) is 34.1 Å². The molecule has 0 N–H and O–H groups in total. The quantitative estimate of drug-likeness (QED) is 0.545. The van der Waals surface area contributed by atoms with Crippen molar-refractivity contribution in [2.24, 2.45) is 0 Å². The second-order valence-electron chi connectivity index (χ2n) is 4.05. The Morgan fingerprint density at radius 2 is 1.71 bits per heavy atom. The summed E-state index contributed by atoms with van der Waals surface area (Å²) in [6, 6.07) is 11.5. The molecule has 2 aromatic rings. The summed E-state index contributed by atoms with van der Waals surface area (Å²) in [4.78, 5) is 21.7. The molecule has 0 saturated carbocycles. The zero-order chi connectivity index (χ0) is 11.8. The van der Waals surface area contributed by atoms with Gasteiger partial charge in [-0.15, -0.1) is 0 Å². The average Bonchev–Trinajstić information content (AvgIpc) is 2.75. The Kier molecular flexibility index (Phi) is 2.06. The molecule has 0 aliphatic heterocycles. The van der Waals surface area contributed by atoms with Crippen LogP contribution in [0.2, 0.25) is 0 Å². The molecule has 0 saturated heterocycles. The summed E-state index contributed by atoms with van der Waals surface area (Å²) < 4.78 is 0.